The van der Waals surface area contributed by atoms with Crippen molar-refractivity contribution >= 4 is 23.0 Å². The van der Waals surface area contributed by atoms with Crippen molar-refractivity contribution in [2.75, 3.05) is 35.2 Å². The zero-order chi connectivity index (χ0) is 18.1. The molecule has 5 nitrogen and oxygen atoms in total. The van der Waals surface area contributed by atoms with Gasteiger partial charge in [-0.2, -0.15) is 5.26 Å². The molecule has 130 valence electrons. The highest BCUT2D eigenvalue weighted by molar-refractivity contribution is 5.91. The number of nitrogens with one attached hydrogen (secondary N) is 2. The number of amides is 1. The van der Waals surface area contributed by atoms with Crippen LogP contribution in [-0.4, -0.2) is 25.5 Å². The molecule has 2 aromatic carbocycles. The van der Waals surface area contributed by atoms with Gasteiger partial charge in [0.15, 0.2) is 0 Å². The number of benzene rings is 2. The molecule has 0 saturated heterocycles. The smallest absolute Gasteiger partial charge is 0.226 e. The summed E-state index contributed by atoms with van der Waals surface area (Å²) in [6.45, 7) is 6.79. The van der Waals surface area contributed by atoms with E-state index in [-0.39, 0.29) is 5.91 Å². The molecule has 0 spiro atoms. The fourth-order valence-electron chi connectivity index (χ4n) is 2.59. The van der Waals surface area contributed by atoms with Crippen LogP contribution in [0.4, 0.5) is 17.1 Å². The maximum atomic E-state index is 12.0. The quantitative estimate of drug-likeness (QED) is 0.768. The topological polar surface area (TPSA) is 68.2 Å². The summed E-state index contributed by atoms with van der Waals surface area (Å²) in [6.07, 6.45) is 0.356. The van der Waals surface area contributed by atoms with Crippen molar-refractivity contribution in [1.82, 2.24) is 0 Å². The van der Waals surface area contributed by atoms with Crippen LogP contribution >= 0.6 is 0 Å². The number of hydrogen-bond acceptors (Lipinski definition) is 4. The molecule has 0 atom stereocenters. The van der Waals surface area contributed by atoms with Crippen molar-refractivity contribution in [1.29, 1.82) is 5.26 Å². The van der Waals surface area contributed by atoms with Crippen molar-refractivity contribution in [2.24, 2.45) is 0 Å². The molecular formula is C20H24N4O. The Bertz CT molecular complexity index is 730. The zero-order valence-electron chi connectivity index (χ0n) is 14.7. The van der Waals surface area contributed by atoms with Crippen LogP contribution < -0.4 is 15.5 Å². The average molecular weight is 336 g/mol. The highest BCUT2D eigenvalue weighted by Crippen LogP contribution is 2.17. The van der Waals surface area contributed by atoms with Gasteiger partial charge in [-0.25, -0.2) is 0 Å². The molecule has 1 amide bonds. The number of nitrogens with zero attached hydrogens (tertiary/aromatic N) is 2. The van der Waals surface area contributed by atoms with E-state index in [9.17, 15) is 4.79 Å². The Morgan fingerprint density at radius 3 is 2.44 bits per heavy atom. The van der Waals surface area contributed by atoms with E-state index in [2.05, 4.69) is 47.6 Å². The molecular weight excluding hydrogens is 312 g/mol. The van der Waals surface area contributed by atoms with Gasteiger partial charge < -0.3 is 15.5 Å². The first-order valence-electron chi connectivity index (χ1n) is 8.55. The predicted molar refractivity (Wildman–Crippen MR) is 103 cm³/mol. The first-order chi connectivity index (χ1) is 12.2. The van der Waals surface area contributed by atoms with E-state index in [1.165, 1.54) is 5.69 Å². The van der Waals surface area contributed by atoms with Crippen LogP contribution in [0, 0.1) is 11.3 Å². The average Bonchev–Trinajstić information content (AvgIpc) is 2.64. The molecule has 0 aliphatic rings. The number of rotatable bonds is 8. The Labute approximate surface area is 149 Å². The maximum Gasteiger partial charge on any atom is 0.226 e. The summed E-state index contributed by atoms with van der Waals surface area (Å²) in [5.74, 6) is -0.0812. The van der Waals surface area contributed by atoms with Crippen LogP contribution in [0.15, 0.2) is 48.5 Å². The summed E-state index contributed by atoms with van der Waals surface area (Å²) in [5, 5.41) is 14.9. The molecule has 0 radical (unpaired) electrons. The third-order valence-corrected chi connectivity index (χ3v) is 3.95. The predicted octanol–water partition coefficient (Wildman–Crippen LogP) is 3.85. The lowest BCUT2D eigenvalue weighted by Gasteiger charge is -2.21. The summed E-state index contributed by atoms with van der Waals surface area (Å²) in [5.41, 5.74) is 3.37. The Balaban J connectivity index is 1.80. The van der Waals surface area contributed by atoms with Gasteiger partial charge in [0.25, 0.3) is 0 Å². The Morgan fingerprint density at radius 1 is 1.08 bits per heavy atom. The lowest BCUT2D eigenvalue weighted by Crippen LogP contribution is -2.21. The molecule has 0 heterocycles. The Morgan fingerprint density at radius 2 is 1.80 bits per heavy atom. The second-order valence-corrected chi connectivity index (χ2v) is 5.64. The molecule has 0 aliphatic carbocycles. The van der Waals surface area contributed by atoms with Gasteiger partial charge in [-0.1, -0.05) is 6.07 Å². The third-order valence-electron chi connectivity index (χ3n) is 3.95. The highest BCUT2D eigenvalue weighted by Gasteiger charge is 2.04. The molecule has 2 N–H and O–H groups in total. The maximum absolute atomic E-state index is 12.0. The fourth-order valence-corrected chi connectivity index (χ4v) is 2.59. The molecule has 0 aliphatic heterocycles. The van der Waals surface area contributed by atoms with E-state index in [0.717, 1.165) is 18.8 Å². The van der Waals surface area contributed by atoms with Crippen LogP contribution in [0.5, 0.6) is 0 Å². The monoisotopic (exact) mass is 336 g/mol. The first kappa shape index (κ1) is 18.3. The summed E-state index contributed by atoms with van der Waals surface area (Å²) in [6, 6.07) is 17.2. The Kier molecular flexibility index (Phi) is 6.85. The minimum Gasteiger partial charge on any atom is -0.385 e. The molecule has 2 rings (SSSR count). The van der Waals surface area contributed by atoms with Gasteiger partial charge in [0.2, 0.25) is 5.91 Å². The molecule has 0 bridgehead atoms. The van der Waals surface area contributed by atoms with Crippen LogP contribution in [-0.2, 0) is 4.79 Å². The molecule has 0 saturated carbocycles. The number of carbonyl (C=O) groups excluding carboxylic acids is 1. The molecule has 0 aromatic heterocycles. The number of anilines is 3. The van der Waals surface area contributed by atoms with Crippen LogP contribution in [0.3, 0.4) is 0 Å². The summed E-state index contributed by atoms with van der Waals surface area (Å²) >= 11 is 0. The second-order valence-electron chi connectivity index (χ2n) is 5.64. The van der Waals surface area contributed by atoms with Gasteiger partial charge in [0.05, 0.1) is 11.6 Å². The van der Waals surface area contributed by atoms with Gasteiger partial charge in [-0.15, -0.1) is 0 Å². The second kappa shape index (κ2) is 9.33. The lowest BCUT2D eigenvalue weighted by molar-refractivity contribution is -0.115. The van der Waals surface area contributed by atoms with Crippen molar-refractivity contribution in [3.05, 3.63) is 54.1 Å². The summed E-state index contributed by atoms with van der Waals surface area (Å²) in [4.78, 5) is 14.3. The van der Waals surface area contributed by atoms with Gasteiger partial charge in [-0.3, -0.25) is 4.79 Å². The third kappa shape index (κ3) is 5.54. The first-order valence-corrected chi connectivity index (χ1v) is 8.55. The van der Waals surface area contributed by atoms with E-state index in [1.807, 2.05) is 12.1 Å². The van der Waals surface area contributed by atoms with Crippen molar-refractivity contribution in [3.63, 3.8) is 0 Å². The highest BCUT2D eigenvalue weighted by atomic mass is 16.1. The fraction of sp³-hybridized carbons (Fsp3) is 0.300. The van der Waals surface area contributed by atoms with E-state index in [1.54, 1.807) is 24.3 Å². The molecule has 5 heteroatoms. The minimum atomic E-state index is -0.0812. The van der Waals surface area contributed by atoms with Gasteiger partial charge >= 0.3 is 0 Å². The molecule has 25 heavy (non-hydrogen) atoms. The summed E-state index contributed by atoms with van der Waals surface area (Å²) in [7, 11) is 0. The number of carbonyl (C=O) groups is 1. The van der Waals surface area contributed by atoms with Gasteiger partial charge in [-0.05, 0) is 56.3 Å². The van der Waals surface area contributed by atoms with E-state index >= 15 is 0 Å². The van der Waals surface area contributed by atoms with Gasteiger partial charge in [0.1, 0.15) is 0 Å². The zero-order valence-corrected chi connectivity index (χ0v) is 14.7. The largest absolute Gasteiger partial charge is 0.385 e. The standard InChI is InChI=1S/C20H24N4O/c1-3-24(4-2)19-10-8-17(9-11-19)22-13-12-20(25)23-18-7-5-6-16(14-18)15-21/h5-11,14,22H,3-4,12-13H2,1-2H3,(H,23,25). The molecule has 2 aromatic rings. The molecule has 0 unspecified atom stereocenters. The molecule has 0 fully saturated rings. The van der Waals surface area contributed by atoms with Crippen LogP contribution in [0.2, 0.25) is 0 Å². The minimum absolute atomic E-state index is 0.0812. The summed E-state index contributed by atoms with van der Waals surface area (Å²) < 4.78 is 0. The Hall–Kier alpha value is -3.00. The van der Waals surface area contributed by atoms with E-state index in [0.29, 0.717) is 24.2 Å². The van der Waals surface area contributed by atoms with Crippen molar-refractivity contribution in [2.45, 2.75) is 20.3 Å². The number of hydrogen-bond donors (Lipinski definition) is 2. The van der Waals surface area contributed by atoms with E-state index in [4.69, 9.17) is 5.26 Å². The van der Waals surface area contributed by atoms with Crippen LogP contribution in [0.25, 0.3) is 0 Å². The van der Waals surface area contributed by atoms with E-state index < -0.39 is 0 Å². The lowest BCUT2D eigenvalue weighted by atomic mass is 10.2. The SMILES string of the molecule is CCN(CC)c1ccc(NCCC(=O)Nc2cccc(C#N)c2)cc1. The normalized spacial score (nSPS) is 9.96. The van der Waals surface area contributed by atoms with Crippen molar-refractivity contribution in [3.8, 4) is 6.07 Å². The number of nitriles is 1. The van der Waals surface area contributed by atoms with Crippen LogP contribution in [0.1, 0.15) is 25.8 Å². The van der Waals surface area contributed by atoms with Crippen molar-refractivity contribution < 1.29 is 4.79 Å². The van der Waals surface area contributed by atoms with Gasteiger partial charge in [0, 0.05) is 43.1 Å².